The smallest absolute Gasteiger partial charge is 0.320 e. The summed E-state index contributed by atoms with van der Waals surface area (Å²) in [6.07, 6.45) is 10.9. The number of hydrogen-bond acceptors (Lipinski definition) is 6. The van der Waals surface area contributed by atoms with Crippen molar-refractivity contribution in [2.75, 3.05) is 43.4 Å². The molecule has 0 aliphatic carbocycles. The highest BCUT2D eigenvalue weighted by Crippen LogP contribution is 2.32. The SMILES string of the molecule is CCCCOc1nc(N)c2c(n1)N(CCCCC1CCN(CCCC)CC1)C(=O)C2. The van der Waals surface area contributed by atoms with E-state index in [9.17, 15) is 4.79 Å². The minimum Gasteiger partial charge on any atom is -0.463 e. The Morgan fingerprint density at radius 1 is 1.03 bits per heavy atom. The average molecular weight is 418 g/mol. The van der Waals surface area contributed by atoms with Crippen LogP contribution in [0.1, 0.15) is 77.2 Å². The highest BCUT2D eigenvalue weighted by atomic mass is 16.5. The first-order valence-corrected chi connectivity index (χ1v) is 11.9. The molecule has 1 saturated heterocycles. The van der Waals surface area contributed by atoms with E-state index in [1.165, 1.54) is 51.7 Å². The second-order valence-electron chi connectivity index (χ2n) is 8.75. The fourth-order valence-electron chi connectivity index (χ4n) is 4.41. The van der Waals surface area contributed by atoms with Gasteiger partial charge < -0.3 is 15.4 Å². The number of nitrogens with two attached hydrogens (primary N) is 1. The summed E-state index contributed by atoms with van der Waals surface area (Å²) in [5, 5.41) is 0. The third kappa shape index (κ3) is 6.06. The maximum absolute atomic E-state index is 12.5. The zero-order chi connectivity index (χ0) is 21.3. The largest absolute Gasteiger partial charge is 0.463 e. The first-order chi connectivity index (χ1) is 14.6. The molecule has 1 aromatic heterocycles. The van der Waals surface area contributed by atoms with Gasteiger partial charge in [-0.3, -0.25) is 9.69 Å². The van der Waals surface area contributed by atoms with Crippen LogP contribution in [0.15, 0.2) is 0 Å². The number of carbonyl (C=O) groups is 1. The monoisotopic (exact) mass is 417 g/mol. The molecule has 2 aliphatic heterocycles. The molecule has 0 unspecified atom stereocenters. The molecule has 0 spiro atoms. The minimum atomic E-state index is 0.0703. The van der Waals surface area contributed by atoms with Crippen LogP contribution in [0.3, 0.4) is 0 Å². The van der Waals surface area contributed by atoms with Crippen molar-refractivity contribution in [2.45, 2.75) is 78.1 Å². The molecule has 0 aromatic carbocycles. The highest BCUT2D eigenvalue weighted by Gasteiger charge is 2.32. The number of carbonyl (C=O) groups excluding carboxylic acids is 1. The van der Waals surface area contributed by atoms with Crippen LogP contribution in [-0.4, -0.2) is 53.6 Å². The summed E-state index contributed by atoms with van der Waals surface area (Å²) < 4.78 is 5.63. The molecule has 7 nitrogen and oxygen atoms in total. The van der Waals surface area contributed by atoms with Gasteiger partial charge in [0.15, 0.2) is 0 Å². The van der Waals surface area contributed by atoms with Crippen LogP contribution in [0.4, 0.5) is 11.6 Å². The Kier molecular flexibility index (Phi) is 8.73. The summed E-state index contributed by atoms with van der Waals surface area (Å²) in [6, 6.07) is 0.286. The highest BCUT2D eigenvalue weighted by molar-refractivity contribution is 6.01. The number of ether oxygens (including phenoxy) is 1. The van der Waals surface area contributed by atoms with Crippen LogP contribution in [0.25, 0.3) is 0 Å². The standard InChI is InChI=1S/C23H39N5O2/c1-3-5-12-27-14-10-18(11-15-27)9-7-8-13-28-20(29)17-19-21(24)25-23(26-22(19)28)30-16-6-4-2/h18H,3-17H2,1-2H3,(H2,24,25,26). The van der Waals surface area contributed by atoms with Crippen molar-refractivity contribution in [3.8, 4) is 6.01 Å². The molecule has 30 heavy (non-hydrogen) atoms. The number of nitrogens with zero attached hydrogens (tertiary/aromatic N) is 4. The molecular formula is C23H39N5O2. The number of aromatic nitrogens is 2. The number of fused-ring (bicyclic) bond motifs is 1. The average Bonchev–Trinajstić information content (AvgIpc) is 3.06. The fraction of sp³-hybridized carbons (Fsp3) is 0.783. The van der Waals surface area contributed by atoms with Gasteiger partial charge in [0.1, 0.15) is 11.6 Å². The van der Waals surface area contributed by atoms with Crippen LogP contribution in [0, 0.1) is 5.92 Å². The first-order valence-electron chi connectivity index (χ1n) is 11.9. The molecule has 3 rings (SSSR count). The summed E-state index contributed by atoms with van der Waals surface area (Å²) >= 11 is 0. The Hall–Kier alpha value is -1.89. The molecule has 1 aromatic rings. The van der Waals surface area contributed by atoms with Crippen molar-refractivity contribution < 1.29 is 9.53 Å². The predicted molar refractivity (Wildman–Crippen MR) is 121 cm³/mol. The van der Waals surface area contributed by atoms with E-state index in [-0.39, 0.29) is 11.9 Å². The first kappa shape index (κ1) is 22.8. The topological polar surface area (TPSA) is 84.6 Å². The quantitative estimate of drug-likeness (QED) is 0.521. The van der Waals surface area contributed by atoms with E-state index in [0.717, 1.165) is 37.2 Å². The lowest BCUT2D eigenvalue weighted by Gasteiger charge is -2.32. The van der Waals surface area contributed by atoms with E-state index in [0.29, 0.717) is 31.2 Å². The summed E-state index contributed by atoms with van der Waals surface area (Å²) in [5.74, 6) is 1.93. The molecule has 0 radical (unpaired) electrons. The lowest BCUT2D eigenvalue weighted by molar-refractivity contribution is -0.117. The molecule has 2 aliphatic rings. The molecule has 2 N–H and O–H groups in total. The van der Waals surface area contributed by atoms with E-state index in [1.54, 1.807) is 4.90 Å². The zero-order valence-corrected chi connectivity index (χ0v) is 18.9. The number of rotatable bonds is 12. The summed E-state index contributed by atoms with van der Waals surface area (Å²) in [6.45, 7) is 9.40. The molecule has 0 saturated carbocycles. The second kappa shape index (κ2) is 11.5. The molecule has 1 fully saturated rings. The molecule has 3 heterocycles. The predicted octanol–water partition coefficient (Wildman–Crippen LogP) is 3.81. The zero-order valence-electron chi connectivity index (χ0n) is 18.9. The Bertz CT molecular complexity index is 688. The number of amides is 1. The van der Waals surface area contributed by atoms with E-state index >= 15 is 0 Å². The van der Waals surface area contributed by atoms with Crippen LogP contribution >= 0.6 is 0 Å². The Balaban J connectivity index is 1.45. The summed E-state index contributed by atoms with van der Waals surface area (Å²) in [5.41, 5.74) is 6.83. The van der Waals surface area contributed by atoms with Crippen molar-refractivity contribution in [1.82, 2.24) is 14.9 Å². The van der Waals surface area contributed by atoms with Gasteiger partial charge in [-0.05, 0) is 57.7 Å². The van der Waals surface area contributed by atoms with E-state index < -0.39 is 0 Å². The van der Waals surface area contributed by atoms with E-state index in [4.69, 9.17) is 10.5 Å². The van der Waals surface area contributed by atoms with Gasteiger partial charge in [0, 0.05) is 12.1 Å². The normalized spacial score (nSPS) is 17.5. The maximum Gasteiger partial charge on any atom is 0.320 e. The van der Waals surface area contributed by atoms with Crippen LogP contribution in [-0.2, 0) is 11.2 Å². The molecule has 0 atom stereocenters. The number of anilines is 2. The lowest BCUT2D eigenvalue weighted by Crippen LogP contribution is -2.34. The van der Waals surface area contributed by atoms with Gasteiger partial charge in [0.25, 0.3) is 0 Å². The number of hydrogen-bond donors (Lipinski definition) is 1. The van der Waals surface area contributed by atoms with Gasteiger partial charge in [0.2, 0.25) is 5.91 Å². The molecule has 168 valence electrons. The van der Waals surface area contributed by atoms with Gasteiger partial charge in [-0.1, -0.05) is 39.5 Å². The minimum absolute atomic E-state index is 0.0703. The van der Waals surface area contributed by atoms with E-state index in [1.807, 2.05) is 0 Å². The van der Waals surface area contributed by atoms with Gasteiger partial charge in [-0.25, -0.2) is 0 Å². The van der Waals surface area contributed by atoms with Gasteiger partial charge in [0.05, 0.1) is 13.0 Å². The van der Waals surface area contributed by atoms with Crippen molar-refractivity contribution in [1.29, 1.82) is 0 Å². The van der Waals surface area contributed by atoms with Crippen molar-refractivity contribution in [3.05, 3.63) is 5.56 Å². The summed E-state index contributed by atoms with van der Waals surface area (Å²) in [4.78, 5) is 25.7. The number of likely N-dealkylation sites (tertiary alicyclic amines) is 1. The van der Waals surface area contributed by atoms with Gasteiger partial charge >= 0.3 is 6.01 Å². The third-order valence-electron chi connectivity index (χ3n) is 6.39. The van der Waals surface area contributed by atoms with Gasteiger partial charge in [-0.15, -0.1) is 0 Å². The Morgan fingerprint density at radius 3 is 2.53 bits per heavy atom. The van der Waals surface area contributed by atoms with Gasteiger partial charge in [-0.2, -0.15) is 9.97 Å². The Labute approximate surface area is 181 Å². The van der Waals surface area contributed by atoms with Crippen LogP contribution in [0.5, 0.6) is 6.01 Å². The molecule has 0 bridgehead atoms. The van der Waals surface area contributed by atoms with Crippen molar-refractivity contribution in [3.63, 3.8) is 0 Å². The molecule has 1 amide bonds. The number of unbranched alkanes of at least 4 members (excludes halogenated alkanes) is 3. The third-order valence-corrected chi connectivity index (χ3v) is 6.39. The summed E-state index contributed by atoms with van der Waals surface area (Å²) in [7, 11) is 0. The van der Waals surface area contributed by atoms with E-state index in [2.05, 4.69) is 28.7 Å². The number of piperidine rings is 1. The van der Waals surface area contributed by atoms with Crippen molar-refractivity contribution >= 4 is 17.5 Å². The second-order valence-corrected chi connectivity index (χ2v) is 8.75. The maximum atomic E-state index is 12.5. The Morgan fingerprint density at radius 2 is 1.80 bits per heavy atom. The molecule has 7 heteroatoms. The van der Waals surface area contributed by atoms with Crippen LogP contribution < -0.4 is 15.4 Å². The van der Waals surface area contributed by atoms with Crippen LogP contribution in [0.2, 0.25) is 0 Å². The fourth-order valence-corrected chi connectivity index (χ4v) is 4.41. The number of nitrogen functional groups attached to an aromatic ring is 1. The van der Waals surface area contributed by atoms with Crippen molar-refractivity contribution in [2.24, 2.45) is 5.92 Å². The molecular weight excluding hydrogens is 378 g/mol. The lowest BCUT2D eigenvalue weighted by atomic mass is 9.91.